The number of pyridine rings is 1. The predicted octanol–water partition coefficient (Wildman–Crippen LogP) is 4.41. The molecule has 0 bridgehead atoms. The number of carbonyl (C=O) groups excluding carboxylic acids is 1. The Morgan fingerprint density at radius 1 is 1.13 bits per heavy atom. The van der Waals surface area contributed by atoms with Gasteiger partial charge < -0.3 is 24.5 Å². The number of hydrogen-bond donors (Lipinski definition) is 1. The minimum atomic E-state index is -4.63. The molecule has 0 unspecified atom stereocenters. The van der Waals surface area contributed by atoms with E-state index in [2.05, 4.69) is 19.9 Å². The first-order valence-corrected chi connectivity index (χ1v) is 12.2. The highest BCUT2D eigenvalue weighted by atomic mass is 19.4. The Morgan fingerprint density at radius 3 is 2.49 bits per heavy atom. The lowest BCUT2D eigenvalue weighted by molar-refractivity contribution is -0.140. The highest BCUT2D eigenvalue weighted by molar-refractivity contribution is 5.98. The molecule has 4 heterocycles. The summed E-state index contributed by atoms with van der Waals surface area (Å²) >= 11 is 0. The van der Waals surface area contributed by atoms with E-state index < -0.39 is 17.9 Å². The highest BCUT2D eigenvalue weighted by Gasteiger charge is 2.34. The molecule has 10 nitrogen and oxygen atoms in total. The molecule has 0 radical (unpaired) electrons. The topological polar surface area (TPSA) is 129 Å². The van der Waals surface area contributed by atoms with E-state index >= 15 is 0 Å². The van der Waals surface area contributed by atoms with Crippen molar-refractivity contribution < 1.29 is 31.9 Å². The molecule has 3 aromatic heterocycles. The maximum Gasteiger partial charge on any atom is 0.433 e. The van der Waals surface area contributed by atoms with Gasteiger partial charge in [-0.2, -0.15) is 13.2 Å². The van der Waals surface area contributed by atoms with Gasteiger partial charge >= 0.3 is 12.2 Å². The predicted molar refractivity (Wildman–Crippen MR) is 133 cm³/mol. The molecular weight excluding hydrogens is 517 g/mol. The van der Waals surface area contributed by atoms with Crippen molar-refractivity contribution in [3.63, 3.8) is 0 Å². The van der Waals surface area contributed by atoms with Gasteiger partial charge in [-0.3, -0.25) is 4.79 Å². The third-order valence-corrected chi connectivity index (χ3v) is 6.37. The number of hydrogen-bond acceptors (Lipinski definition) is 9. The van der Waals surface area contributed by atoms with Crippen LogP contribution in [0.4, 0.5) is 13.2 Å². The van der Waals surface area contributed by atoms with Crippen LogP contribution in [0.5, 0.6) is 11.8 Å². The number of likely N-dealkylation sites (tertiary alicyclic amines) is 1. The number of fused-ring (bicyclic) bond motifs is 1. The third-order valence-electron chi connectivity index (χ3n) is 6.37. The Bertz CT molecular complexity index is 1480. The molecule has 0 aliphatic carbocycles. The van der Waals surface area contributed by atoms with Crippen LogP contribution >= 0.6 is 0 Å². The van der Waals surface area contributed by atoms with Gasteiger partial charge in [0, 0.05) is 49.3 Å². The van der Waals surface area contributed by atoms with Crippen LogP contribution < -0.4 is 15.2 Å². The molecule has 1 fully saturated rings. The number of benzene rings is 1. The fourth-order valence-corrected chi connectivity index (χ4v) is 4.43. The molecule has 5 rings (SSSR count). The van der Waals surface area contributed by atoms with Crippen molar-refractivity contribution >= 4 is 16.8 Å². The molecule has 0 saturated carbocycles. The Labute approximate surface area is 221 Å². The number of ether oxygens (including phenoxy) is 2. The molecule has 1 atom stereocenters. The minimum absolute atomic E-state index is 0.0114. The lowest BCUT2D eigenvalue weighted by Gasteiger charge is -2.31. The summed E-state index contributed by atoms with van der Waals surface area (Å²) in [6, 6.07) is 6.54. The molecule has 1 amide bonds. The SMILES string of the molecule is COc1ccc(-c2nc(C(=O)N3CCC(Oc4ncccn4)CC3)c([C@H](C)N)o2)c2ccc(C(F)(F)F)nc12. The number of aromatic nitrogens is 4. The van der Waals surface area contributed by atoms with Crippen LogP contribution in [0.1, 0.15) is 47.7 Å². The Morgan fingerprint density at radius 2 is 1.85 bits per heavy atom. The second-order valence-electron chi connectivity index (χ2n) is 9.07. The zero-order valence-electron chi connectivity index (χ0n) is 21.1. The molecule has 39 heavy (non-hydrogen) atoms. The van der Waals surface area contributed by atoms with Crippen molar-refractivity contribution in [2.24, 2.45) is 5.73 Å². The van der Waals surface area contributed by atoms with Crippen LogP contribution in [0.25, 0.3) is 22.4 Å². The standard InChI is InChI=1S/C26H25F3N6O4/c1-14(30)22-21(24(36)35-12-8-15(9-13-35)38-25-31-10-3-11-32-25)34-23(39-22)17-4-6-18(37-2)20-16(17)5-7-19(33-20)26(27,28)29/h3-7,10-11,14-15H,8-9,12-13,30H2,1-2H3/t14-/m0/s1. The van der Waals surface area contributed by atoms with E-state index in [1.165, 1.54) is 19.2 Å². The normalized spacial score (nSPS) is 15.4. The summed E-state index contributed by atoms with van der Waals surface area (Å²) in [7, 11) is 1.34. The van der Waals surface area contributed by atoms with Gasteiger partial charge in [-0.15, -0.1) is 0 Å². The molecule has 1 aliphatic heterocycles. The van der Waals surface area contributed by atoms with Crippen molar-refractivity contribution in [2.45, 2.75) is 38.1 Å². The van der Waals surface area contributed by atoms with E-state index in [0.29, 0.717) is 36.9 Å². The van der Waals surface area contributed by atoms with E-state index in [9.17, 15) is 18.0 Å². The number of methoxy groups -OCH3 is 1. The number of nitrogens with two attached hydrogens (primary N) is 1. The monoisotopic (exact) mass is 542 g/mol. The van der Waals surface area contributed by atoms with Crippen molar-refractivity contribution in [1.82, 2.24) is 24.8 Å². The fraction of sp³-hybridized carbons (Fsp3) is 0.346. The van der Waals surface area contributed by atoms with Crippen LogP contribution in [-0.4, -0.2) is 57.0 Å². The van der Waals surface area contributed by atoms with Crippen molar-refractivity contribution in [3.05, 3.63) is 59.9 Å². The first kappa shape index (κ1) is 26.4. The van der Waals surface area contributed by atoms with Crippen molar-refractivity contribution in [3.8, 4) is 23.2 Å². The summed E-state index contributed by atoms with van der Waals surface area (Å²) in [5, 5.41) is 0.319. The number of alkyl halides is 3. The highest BCUT2D eigenvalue weighted by Crippen LogP contribution is 2.37. The molecular formula is C26H25F3N6O4. The Balaban J connectivity index is 1.43. The van der Waals surface area contributed by atoms with Gasteiger partial charge in [0.2, 0.25) is 5.89 Å². The largest absolute Gasteiger partial charge is 0.494 e. The summed E-state index contributed by atoms with van der Waals surface area (Å²) in [6.45, 7) is 2.48. The average Bonchev–Trinajstić information content (AvgIpc) is 3.38. The second-order valence-corrected chi connectivity index (χ2v) is 9.07. The molecule has 13 heteroatoms. The fourth-order valence-electron chi connectivity index (χ4n) is 4.43. The number of nitrogens with zero attached hydrogens (tertiary/aromatic N) is 5. The number of piperidine rings is 1. The third kappa shape index (κ3) is 5.35. The molecule has 1 aromatic carbocycles. The van der Waals surface area contributed by atoms with Crippen LogP contribution in [0.3, 0.4) is 0 Å². The summed E-state index contributed by atoms with van der Waals surface area (Å²) in [5.41, 5.74) is 5.44. The summed E-state index contributed by atoms with van der Waals surface area (Å²) in [4.78, 5) is 31.5. The molecule has 1 saturated heterocycles. The average molecular weight is 543 g/mol. The van der Waals surface area contributed by atoms with Crippen LogP contribution in [0.2, 0.25) is 0 Å². The quantitative estimate of drug-likeness (QED) is 0.377. The van der Waals surface area contributed by atoms with E-state index in [1.807, 2.05) is 0 Å². The molecule has 2 N–H and O–H groups in total. The lowest BCUT2D eigenvalue weighted by atomic mass is 10.1. The number of halogens is 3. The lowest BCUT2D eigenvalue weighted by Crippen LogP contribution is -2.42. The van der Waals surface area contributed by atoms with Crippen LogP contribution in [0, 0.1) is 0 Å². The zero-order chi connectivity index (χ0) is 27.7. The van der Waals surface area contributed by atoms with Gasteiger partial charge in [0.05, 0.1) is 13.2 Å². The molecule has 1 aliphatic rings. The number of amides is 1. The first-order chi connectivity index (χ1) is 18.7. The first-order valence-electron chi connectivity index (χ1n) is 12.2. The van der Waals surface area contributed by atoms with Crippen LogP contribution in [0.15, 0.2) is 47.1 Å². The number of rotatable bonds is 6. The smallest absolute Gasteiger partial charge is 0.433 e. The van der Waals surface area contributed by atoms with Crippen molar-refractivity contribution in [2.75, 3.05) is 20.2 Å². The van der Waals surface area contributed by atoms with E-state index in [0.717, 1.165) is 6.07 Å². The minimum Gasteiger partial charge on any atom is -0.494 e. The van der Waals surface area contributed by atoms with Gasteiger partial charge in [-0.1, -0.05) is 0 Å². The molecule has 4 aromatic rings. The summed E-state index contributed by atoms with van der Waals surface area (Å²) in [5.74, 6) is 0.0114. The van der Waals surface area contributed by atoms with Gasteiger partial charge in [0.25, 0.3) is 5.91 Å². The summed E-state index contributed by atoms with van der Waals surface area (Å²) in [6.07, 6.45) is -0.452. The van der Waals surface area contributed by atoms with Gasteiger partial charge in [-0.05, 0) is 37.3 Å². The Hall–Kier alpha value is -4.26. The summed E-state index contributed by atoms with van der Waals surface area (Å²) < 4.78 is 56.9. The number of oxazole rings is 1. The van der Waals surface area contributed by atoms with E-state index in [1.54, 1.807) is 36.4 Å². The maximum absolute atomic E-state index is 13.5. The maximum atomic E-state index is 13.5. The van der Waals surface area contributed by atoms with Gasteiger partial charge in [0.1, 0.15) is 23.1 Å². The van der Waals surface area contributed by atoms with Gasteiger partial charge in [-0.25, -0.2) is 19.9 Å². The molecule has 204 valence electrons. The van der Waals surface area contributed by atoms with Crippen molar-refractivity contribution in [1.29, 1.82) is 0 Å². The second kappa shape index (κ2) is 10.5. The number of carbonyl (C=O) groups is 1. The van der Waals surface area contributed by atoms with Crippen LogP contribution in [-0.2, 0) is 6.18 Å². The molecule has 0 spiro atoms. The Kier molecular flexibility index (Phi) is 7.08. The van der Waals surface area contributed by atoms with E-state index in [-0.39, 0.29) is 46.6 Å². The zero-order valence-corrected chi connectivity index (χ0v) is 21.1. The van der Waals surface area contributed by atoms with E-state index in [4.69, 9.17) is 19.6 Å². The van der Waals surface area contributed by atoms with Gasteiger partial charge in [0.15, 0.2) is 11.5 Å².